The summed E-state index contributed by atoms with van der Waals surface area (Å²) in [6.45, 7) is 1.69. The third-order valence-electron chi connectivity index (χ3n) is 3.27. The van der Waals surface area contributed by atoms with Gasteiger partial charge >= 0.3 is 0 Å². The molecule has 0 radical (unpaired) electrons. The maximum absolute atomic E-state index is 10.2. The van der Waals surface area contributed by atoms with Crippen LogP contribution in [-0.4, -0.2) is 35.0 Å². The summed E-state index contributed by atoms with van der Waals surface area (Å²) in [4.78, 5) is 4.02. The van der Waals surface area contributed by atoms with E-state index in [1.165, 1.54) is 0 Å². The number of hydrogen-bond donors (Lipinski definition) is 1. The Morgan fingerprint density at radius 3 is 2.37 bits per heavy atom. The average molecular weight is 262 g/mol. The van der Waals surface area contributed by atoms with Crippen LogP contribution in [-0.2, 0) is 10.5 Å². The molecule has 1 aromatic heterocycles. The molecular formula is C14H18N2O3. The standard InChI is InChI=1S/C14H18N2O3/c1-11(17)14(19-3,16-9-8-15-10-16)12-4-6-13(18-2)7-5-12/h4-11,17H,1-3H3. The quantitative estimate of drug-likeness (QED) is 0.889. The monoisotopic (exact) mass is 262 g/mol. The second-order valence-corrected chi connectivity index (χ2v) is 4.27. The molecule has 0 saturated carbocycles. The molecule has 5 heteroatoms. The van der Waals surface area contributed by atoms with Crippen LogP contribution >= 0.6 is 0 Å². The van der Waals surface area contributed by atoms with Gasteiger partial charge in [-0.2, -0.15) is 0 Å². The number of methoxy groups -OCH3 is 2. The minimum atomic E-state index is -0.997. The second kappa shape index (κ2) is 5.42. The molecule has 0 aliphatic carbocycles. The lowest BCUT2D eigenvalue weighted by atomic mass is 9.97. The van der Waals surface area contributed by atoms with Crippen LogP contribution in [0.3, 0.4) is 0 Å². The Kier molecular flexibility index (Phi) is 3.87. The fraction of sp³-hybridized carbons (Fsp3) is 0.357. The second-order valence-electron chi connectivity index (χ2n) is 4.27. The molecule has 2 atom stereocenters. The summed E-state index contributed by atoms with van der Waals surface area (Å²) < 4.78 is 12.5. The summed E-state index contributed by atoms with van der Waals surface area (Å²) in [6, 6.07) is 7.41. The molecule has 0 spiro atoms. The molecule has 0 saturated heterocycles. The van der Waals surface area contributed by atoms with Gasteiger partial charge in [0.1, 0.15) is 11.9 Å². The molecule has 2 aromatic rings. The third-order valence-corrected chi connectivity index (χ3v) is 3.27. The smallest absolute Gasteiger partial charge is 0.197 e. The van der Waals surface area contributed by atoms with Crippen LogP contribution in [0.2, 0.25) is 0 Å². The van der Waals surface area contributed by atoms with Crippen molar-refractivity contribution >= 4 is 0 Å². The first-order chi connectivity index (χ1) is 9.15. The highest BCUT2D eigenvalue weighted by atomic mass is 16.5. The first kappa shape index (κ1) is 13.6. The molecule has 1 aromatic carbocycles. The van der Waals surface area contributed by atoms with Crippen LogP contribution < -0.4 is 4.74 Å². The molecule has 0 aliphatic rings. The molecule has 0 aliphatic heterocycles. The molecule has 1 heterocycles. The zero-order chi connectivity index (χ0) is 13.9. The summed E-state index contributed by atoms with van der Waals surface area (Å²) in [5.74, 6) is 0.755. The van der Waals surface area contributed by atoms with E-state index in [0.29, 0.717) is 0 Å². The van der Waals surface area contributed by atoms with Crippen molar-refractivity contribution in [1.82, 2.24) is 9.55 Å². The minimum Gasteiger partial charge on any atom is -0.497 e. The molecule has 0 bridgehead atoms. The van der Waals surface area contributed by atoms with Gasteiger partial charge in [-0.15, -0.1) is 0 Å². The van der Waals surface area contributed by atoms with E-state index in [9.17, 15) is 5.11 Å². The Balaban J connectivity index is 2.53. The summed E-state index contributed by atoms with van der Waals surface area (Å²) in [5.41, 5.74) is -0.174. The number of aliphatic hydroxyl groups excluding tert-OH is 1. The van der Waals surface area contributed by atoms with E-state index in [2.05, 4.69) is 4.98 Å². The van der Waals surface area contributed by atoms with Gasteiger partial charge in [0.05, 0.1) is 13.4 Å². The van der Waals surface area contributed by atoms with Gasteiger partial charge < -0.3 is 19.1 Å². The lowest BCUT2D eigenvalue weighted by Gasteiger charge is -2.36. The first-order valence-corrected chi connectivity index (χ1v) is 6.01. The van der Waals surface area contributed by atoms with Crippen molar-refractivity contribution in [2.24, 2.45) is 0 Å². The van der Waals surface area contributed by atoms with E-state index in [4.69, 9.17) is 9.47 Å². The Hall–Kier alpha value is -1.85. The zero-order valence-corrected chi connectivity index (χ0v) is 11.3. The molecule has 19 heavy (non-hydrogen) atoms. The minimum absolute atomic E-state index is 0.750. The number of hydrogen-bond acceptors (Lipinski definition) is 4. The van der Waals surface area contributed by atoms with Gasteiger partial charge in [-0.25, -0.2) is 4.98 Å². The number of rotatable bonds is 5. The van der Waals surface area contributed by atoms with Crippen molar-refractivity contribution < 1.29 is 14.6 Å². The molecule has 0 amide bonds. The maximum Gasteiger partial charge on any atom is 0.197 e. The van der Waals surface area contributed by atoms with Crippen LogP contribution in [0.15, 0.2) is 43.0 Å². The number of ether oxygens (including phenoxy) is 2. The predicted molar refractivity (Wildman–Crippen MR) is 71.0 cm³/mol. The number of aliphatic hydroxyl groups is 1. The van der Waals surface area contributed by atoms with Gasteiger partial charge in [-0.05, 0) is 19.1 Å². The number of aromatic nitrogens is 2. The van der Waals surface area contributed by atoms with Crippen molar-refractivity contribution in [3.8, 4) is 5.75 Å². The van der Waals surface area contributed by atoms with E-state index in [1.807, 2.05) is 24.3 Å². The summed E-state index contributed by atoms with van der Waals surface area (Å²) >= 11 is 0. The van der Waals surface area contributed by atoms with Crippen molar-refractivity contribution in [3.63, 3.8) is 0 Å². The van der Waals surface area contributed by atoms with Crippen LogP contribution in [0.25, 0.3) is 0 Å². The molecule has 2 unspecified atom stereocenters. The van der Waals surface area contributed by atoms with Gasteiger partial charge in [0, 0.05) is 25.1 Å². The van der Waals surface area contributed by atoms with Crippen LogP contribution in [0.4, 0.5) is 0 Å². The van der Waals surface area contributed by atoms with Crippen LogP contribution in [0, 0.1) is 0 Å². The highest BCUT2D eigenvalue weighted by Gasteiger charge is 2.39. The Morgan fingerprint density at radius 2 is 1.95 bits per heavy atom. The van der Waals surface area contributed by atoms with E-state index >= 15 is 0 Å². The fourth-order valence-electron chi connectivity index (χ4n) is 2.29. The van der Waals surface area contributed by atoms with E-state index in [-0.39, 0.29) is 0 Å². The van der Waals surface area contributed by atoms with Crippen molar-refractivity contribution in [3.05, 3.63) is 48.5 Å². The summed E-state index contributed by atoms with van der Waals surface area (Å²) in [7, 11) is 3.18. The summed E-state index contributed by atoms with van der Waals surface area (Å²) in [5, 5.41) is 10.2. The maximum atomic E-state index is 10.2. The summed E-state index contributed by atoms with van der Waals surface area (Å²) in [6.07, 6.45) is 4.29. The van der Waals surface area contributed by atoms with Crippen LogP contribution in [0.1, 0.15) is 12.5 Å². The van der Waals surface area contributed by atoms with Gasteiger partial charge in [-0.1, -0.05) is 12.1 Å². The lowest BCUT2D eigenvalue weighted by Crippen LogP contribution is -2.45. The van der Waals surface area contributed by atoms with E-state index in [1.54, 1.807) is 44.4 Å². The molecule has 102 valence electrons. The number of imidazole rings is 1. The Morgan fingerprint density at radius 1 is 1.26 bits per heavy atom. The molecule has 1 N–H and O–H groups in total. The molecular weight excluding hydrogens is 244 g/mol. The average Bonchev–Trinajstić information content (AvgIpc) is 2.95. The van der Waals surface area contributed by atoms with Crippen molar-refractivity contribution in [2.45, 2.75) is 18.8 Å². The van der Waals surface area contributed by atoms with Gasteiger partial charge in [0.15, 0.2) is 5.72 Å². The van der Waals surface area contributed by atoms with Crippen molar-refractivity contribution in [1.29, 1.82) is 0 Å². The van der Waals surface area contributed by atoms with Gasteiger partial charge in [-0.3, -0.25) is 0 Å². The topological polar surface area (TPSA) is 56.5 Å². The molecule has 5 nitrogen and oxygen atoms in total. The van der Waals surface area contributed by atoms with Crippen molar-refractivity contribution in [2.75, 3.05) is 14.2 Å². The highest BCUT2D eigenvalue weighted by molar-refractivity contribution is 5.32. The predicted octanol–water partition coefficient (Wildman–Crippen LogP) is 1.62. The third kappa shape index (κ3) is 2.22. The first-order valence-electron chi connectivity index (χ1n) is 6.01. The van der Waals surface area contributed by atoms with E-state index < -0.39 is 11.8 Å². The van der Waals surface area contributed by atoms with E-state index in [0.717, 1.165) is 11.3 Å². The SMILES string of the molecule is COc1ccc(C(OC)(C(C)O)n2ccnc2)cc1. The fourth-order valence-corrected chi connectivity index (χ4v) is 2.29. The van der Waals surface area contributed by atoms with Gasteiger partial charge in [0.2, 0.25) is 0 Å². The normalized spacial score (nSPS) is 15.8. The Bertz CT molecular complexity index is 508. The Labute approximate surface area is 112 Å². The molecule has 2 rings (SSSR count). The highest BCUT2D eigenvalue weighted by Crippen LogP contribution is 2.32. The zero-order valence-electron chi connectivity index (χ0n) is 11.3. The number of nitrogens with zero attached hydrogens (tertiary/aromatic N) is 2. The lowest BCUT2D eigenvalue weighted by molar-refractivity contribution is -0.122. The largest absolute Gasteiger partial charge is 0.497 e. The number of benzene rings is 1. The van der Waals surface area contributed by atoms with Crippen LogP contribution in [0.5, 0.6) is 5.75 Å². The molecule has 0 fully saturated rings. The van der Waals surface area contributed by atoms with Gasteiger partial charge in [0.25, 0.3) is 0 Å².